The van der Waals surface area contributed by atoms with Gasteiger partial charge in [-0.2, -0.15) is 0 Å². The van der Waals surface area contributed by atoms with Gasteiger partial charge in [-0.05, 0) is 37.5 Å². The minimum absolute atomic E-state index is 0.0887. The Labute approximate surface area is 155 Å². The van der Waals surface area contributed by atoms with Gasteiger partial charge in [-0.3, -0.25) is 14.2 Å². The molecule has 1 fully saturated rings. The molecule has 0 spiro atoms. The van der Waals surface area contributed by atoms with E-state index in [1.165, 1.54) is 12.3 Å². The second kappa shape index (κ2) is 7.45. The van der Waals surface area contributed by atoms with Crippen LogP contribution in [0, 0.1) is 0 Å². The van der Waals surface area contributed by atoms with Gasteiger partial charge < -0.3 is 15.6 Å². The molecule has 3 heterocycles. The molecule has 8 heteroatoms. The van der Waals surface area contributed by atoms with Gasteiger partial charge in [0.2, 0.25) is 0 Å². The van der Waals surface area contributed by atoms with E-state index < -0.39 is 0 Å². The van der Waals surface area contributed by atoms with Crippen molar-refractivity contribution in [2.45, 2.75) is 31.3 Å². The third-order valence-corrected chi connectivity index (χ3v) is 4.68. The third-order valence-electron chi connectivity index (χ3n) is 4.68. The molecular formula is C19H20N6O2. The molecular weight excluding hydrogens is 344 g/mol. The van der Waals surface area contributed by atoms with Crippen LogP contribution in [-0.4, -0.2) is 31.6 Å². The molecule has 8 nitrogen and oxygen atoms in total. The van der Waals surface area contributed by atoms with E-state index in [2.05, 4.69) is 25.6 Å². The van der Waals surface area contributed by atoms with Crippen molar-refractivity contribution in [2.75, 3.05) is 10.6 Å². The Morgan fingerprint density at radius 1 is 1.04 bits per heavy atom. The fourth-order valence-corrected chi connectivity index (χ4v) is 3.36. The summed E-state index contributed by atoms with van der Waals surface area (Å²) >= 11 is 0. The van der Waals surface area contributed by atoms with Crippen LogP contribution >= 0.6 is 0 Å². The quantitative estimate of drug-likeness (QED) is 0.637. The van der Waals surface area contributed by atoms with Crippen LogP contribution in [0.5, 0.6) is 0 Å². The van der Waals surface area contributed by atoms with Gasteiger partial charge in [0.05, 0.1) is 11.9 Å². The van der Waals surface area contributed by atoms with Crippen LogP contribution in [0.2, 0.25) is 0 Å². The fourth-order valence-electron chi connectivity index (χ4n) is 3.36. The van der Waals surface area contributed by atoms with Gasteiger partial charge in [0, 0.05) is 36.7 Å². The predicted molar refractivity (Wildman–Crippen MR) is 103 cm³/mol. The lowest BCUT2D eigenvalue weighted by Crippen LogP contribution is -2.25. The van der Waals surface area contributed by atoms with Gasteiger partial charge in [0.1, 0.15) is 5.82 Å². The highest BCUT2D eigenvalue weighted by molar-refractivity contribution is 5.42. The minimum atomic E-state index is -0.206. The highest BCUT2D eigenvalue weighted by Crippen LogP contribution is 2.24. The third kappa shape index (κ3) is 3.89. The Morgan fingerprint density at radius 2 is 1.89 bits per heavy atom. The first-order valence-corrected chi connectivity index (χ1v) is 8.90. The Balaban J connectivity index is 1.37. The summed E-state index contributed by atoms with van der Waals surface area (Å²) in [5, 5.41) is 6.63. The monoisotopic (exact) mass is 364 g/mol. The predicted octanol–water partition coefficient (Wildman–Crippen LogP) is 1.76. The van der Waals surface area contributed by atoms with E-state index in [9.17, 15) is 9.59 Å². The topological polar surface area (TPSA) is 105 Å². The zero-order valence-electron chi connectivity index (χ0n) is 14.6. The molecule has 0 radical (unpaired) electrons. The van der Waals surface area contributed by atoms with E-state index in [1.807, 2.05) is 18.2 Å². The molecule has 1 saturated carbocycles. The number of aromatic nitrogens is 4. The van der Waals surface area contributed by atoms with Crippen molar-refractivity contribution in [2.24, 2.45) is 0 Å². The maximum absolute atomic E-state index is 11.9. The molecule has 27 heavy (non-hydrogen) atoms. The Hall–Kier alpha value is -3.42. The lowest BCUT2D eigenvalue weighted by atomic mass is 10.2. The Kier molecular flexibility index (Phi) is 4.69. The normalized spacial score (nSPS) is 19.0. The standard InChI is InChI=1S/C19H20N6O2/c26-17-3-1-2-10-25(17)15-6-7-16(22-12-15)23-13-4-5-14(11-13)24-18-19(27)21-9-8-20-18/h1-3,6-10,12-14H,4-5,11H2,(H,20,24)(H,21,27)(H,22,23)/t13-,14-/m0/s1. The summed E-state index contributed by atoms with van der Waals surface area (Å²) in [6.07, 6.45) is 9.29. The summed E-state index contributed by atoms with van der Waals surface area (Å²) in [6.45, 7) is 0. The molecule has 0 aliphatic heterocycles. The molecule has 0 unspecified atom stereocenters. The summed E-state index contributed by atoms with van der Waals surface area (Å²) < 4.78 is 1.55. The number of hydrogen-bond acceptors (Lipinski definition) is 6. The van der Waals surface area contributed by atoms with Crippen molar-refractivity contribution in [1.29, 1.82) is 0 Å². The van der Waals surface area contributed by atoms with Gasteiger partial charge in [-0.1, -0.05) is 6.07 Å². The van der Waals surface area contributed by atoms with E-state index >= 15 is 0 Å². The zero-order valence-corrected chi connectivity index (χ0v) is 14.6. The fraction of sp³-hybridized carbons (Fsp3) is 0.263. The van der Waals surface area contributed by atoms with Crippen molar-refractivity contribution < 1.29 is 0 Å². The van der Waals surface area contributed by atoms with E-state index in [0.29, 0.717) is 5.82 Å². The minimum Gasteiger partial charge on any atom is -0.367 e. The van der Waals surface area contributed by atoms with Crippen LogP contribution in [0.25, 0.3) is 5.69 Å². The molecule has 1 aliphatic carbocycles. The summed E-state index contributed by atoms with van der Waals surface area (Å²) in [7, 11) is 0. The summed E-state index contributed by atoms with van der Waals surface area (Å²) in [4.78, 5) is 34.7. The number of hydrogen-bond donors (Lipinski definition) is 3. The maximum Gasteiger partial charge on any atom is 0.290 e. The lowest BCUT2D eigenvalue weighted by Gasteiger charge is -2.15. The van der Waals surface area contributed by atoms with Gasteiger partial charge in [0.25, 0.3) is 11.1 Å². The first-order chi connectivity index (χ1) is 13.2. The van der Waals surface area contributed by atoms with Crippen molar-refractivity contribution in [3.8, 4) is 5.69 Å². The van der Waals surface area contributed by atoms with Crippen molar-refractivity contribution in [3.05, 3.63) is 75.8 Å². The average molecular weight is 364 g/mol. The molecule has 0 saturated heterocycles. The summed E-state index contributed by atoms with van der Waals surface area (Å²) in [5.41, 5.74) is 0.433. The van der Waals surface area contributed by atoms with Crippen molar-refractivity contribution in [3.63, 3.8) is 0 Å². The van der Waals surface area contributed by atoms with Gasteiger partial charge in [0.15, 0.2) is 5.82 Å². The zero-order chi connectivity index (χ0) is 18.6. The maximum atomic E-state index is 11.9. The highest BCUT2D eigenvalue weighted by atomic mass is 16.1. The van der Waals surface area contributed by atoms with E-state index in [1.54, 1.807) is 29.2 Å². The van der Waals surface area contributed by atoms with E-state index in [0.717, 1.165) is 30.8 Å². The first kappa shape index (κ1) is 17.0. The lowest BCUT2D eigenvalue weighted by molar-refractivity contribution is 0.718. The Morgan fingerprint density at radius 3 is 2.63 bits per heavy atom. The second-order valence-electron chi connectivity index (χ2n) is 6.57. The van der Waals surface area contributed by atoms with Crippen LogP contribution in [0.1, 0.15) is 19.3 Å². The molecule has 1 aliphatic rings. The molecule has 3 aromatic heterocycles. The molecule has 3 N–H and O–H groups in total. The largest absolute Gasteiger partial charge is 0.367 e. The molecule has 3 aromatic rings. The number of H-pyrrole nitrogens is 1. The van der Waals surface area contributed by atoms with Crippen LogP contribution in [-0.2, 0) is 0 Å². The van der Waals surface area contributed by atoms with Crippen LogP contribution in [0.15, 0.2) is 64.7 Å². The summed E-state index contributed by atoms with van der Waals surface area (Å²) in [5.74, 6) is 1.13. The number of aromatic amines is 1. The molecule has 2 atom stereocenters. The van der Waals surface area contributed by atoms with Crippen molar-refractivity contribution >= 4 is 11.6 Å². The molecule has 138 valence electrons. The molecule has 0 amide bonds. The second-order valence-corrected chi connectivity index (χ2v) is 6.57. The average Bonchev–Trinajstić information content (AvgIpc) is 3.12. The van der Waals surface area contributed by atoms with E-state index in [-0.39, 0.29) is 23.2 Å². The highest BCUT2D eigenvalue weighted by Gasteiger charge is 2.25. The molecule has 4 rings (SSSR count). The molecule has 0 aromatic carbocycles. The number of pyridine rings is 2. The van der Waals surface area contributed by atoms with Gasteiger partial charge in [-0.25, -0.2) is 9.97 Å². The van der Waals surface area contributed by atoms with Crippen LogP contribution < -0.4 is 21.8 Å². The van der Waals surface area contributed by atoms with Crippen LogP contribution in [0.3, 0.4) is 0 Å². The van der Waals surface area contributed by atoms with Gasteiger partial charge in [-0.15, -0.1) is 0 Å². The molecule has 0 bridgehead atoms. The smallest absolute Gasteiger partial charge is 0.290 e. The van der Waals surface area contributed by atoms with Gasteiger partial charge >= 0.3 is 0 Å². The SMILES string of the molecule is O=c1[nH]ccnc1N[C@H]1CC[C@H](Nc2ccc(-n3ccccc3=O)cn2)C1. The number of anilines is 2. The van der Waals surface area contributed by atoms with E-state index in [4.69, 9.17) is 0 Å². The Bertz CT molecular complexity index is 1030. The first-order valence-electron chi connectivity index (χ1n) is 8.90. The van der Waals surface area contributed by atoms with Crippen LogP contribution in [0.4, 0.5) is 11.6 Å². The summed E-state index contributed by atoms with van der Waals surface area (Å²) in [6, 6.07) is 9.25. The number of nitrogens with zero attached hydrogens (tertiary/aromatic N) is 3. The number of rotatable bonds is 5. The number of nitrogens with one attached hydrogen (secondary N) is 3. The van der Waals surface area contributed by atoms with Crippen molar-refractivity contribution in [1.82, 2.24) is 19.5 Å².